The van der Waals surface area contributed by atoms with Gasteiger partial charge in [0.05, 0.1) is 5.69 Å². The van der Waals surface area contributed by atoms with Crippen molar-refractivity contribution in [3.05, 3.63) is 41.1 Å². The minimum absolute atomic E-state index is 0.288. The first-order chi connectivity index (χ1) is 10.0. The third-order valence-corrected chi connectivity index (χ3v) is 3.55. The summed E-state index contributed by atoms with van der Waals surface area (Å²) in [5, 5.41) is 7.34. The fourth-order valence-electron chi connectivity index (χ4n) is 2.25. The molecule has 0 saturated carbocycles. The zero-order chi connectivity index (χ0) is 15.0. The van der Waals surface area contributed by atoms with Gasteiger partial charge < -0.3 is 14.3 Å². The molecule has 2 aromatic heterocycles. The quantitative estimate of drug-likeness (QED) is 0.779. The van der Waals surface area contributed by atoms with Crippen LogP contribution in [0.3, 0.4) is 0 Å². The molecule has 0 bridgehead atoms. The maximum atomic E-state index is 5.71. The second kappa shape index (κ2) is 5.24. The van der Waals surface area contributed by atoms with Crippen LogP contribution in [-0.4, -0.2) is 10.1 Å². The summed E-state index contributed by atoms with van der Waals surface area (Å²) >= 11 is 0. The zero-order valence-corrected chi connectivity index (χ0v) is 12.7. The van der Waals surface area contributed by atoms with Gasteiger partial charge in [-0.1, -0.05) is 19.0 Å². The number of hydrogen-bond donors (Lipinski definition) is 1. The topological polar surface area (TPSA) is 64.1 Å². The van der Waals surface area contributed by atoms with Gasteiger partial charge in [0.25, 0.3) is 0 Å². The Morgan fingerprint density at radius 2 is 2.05 bits per heavy atom. The number of oxazole rings is 1. The highest BCUT2D eigenvalue weighted by molar-refractivity contribution is 5.77. The van der Waals surface area contributed by atoms with Crippen LogP contribution >= 0.6 is 0 Å². The summed E-state index contributed by atoms with van der Waals surface area (Å²) < 4.78 is 10.9. The highest BCUT2D eigenvalue weighted by atomic mass is 16.5. The molecule has 0 aliphatic rings. The lowest BCUT2D eigenvalue weighted by molar-refractivity contribution is 0.392. The van der Waals surface area contributed by atoms with E-state index in [1.807, 2.05) is 32.0 Å². The molecule has 21 heavy (non-hydrogen) atoms. The monoisotopic (exact) mass is 285 g/mol. The summed E-state index contributed by atoms with van der Waals surface area (Å²) in [6.45, 7) is 8.69. The normalized spacial score (nSPS) is 11.5. The van der Waals surface area contributed by atoms with Crippen LogP contribution in [0.4, 0.5) is 5.69 Å². The molecule has 5 heteroatoms. The smallest absolute Gasteiger partial charge is 0.198 e. The van der Waals surface area contributed by atoms with Gasteiger partial charge in [-0.05, 0) is 32.0 Å². The summed E-state index contributed by atoms with van der Waals surface area (Å²) in [7, 11) is 0. The molecule has 0 fully saturated rings. The molecule has 3 rings (SSSR count). The first-order valence-electron chi connectivity index (χ1n) is 7.10. The highest BCUT2D eigenvalue weighted by Gasteiger charge is 2.11. The first-order valence-corrected chi connectivity index (χ1v) is 7.10. The number of anilines is 1. The van der Waals surface area contributed by atoms with E-state index in [0.717, 1.165) is 39.7 Å². The van der Waals surface area contributed by atoms with Gasteiger partial charge in [-0.25, -0.2) is 4.98 Å². The number of nitrogens with one attached hydrogen (secondary N) is 1. The fourth-order valence-corrected chi connectivity index (χ4v) is 2.25. The number of nitrogens with zero attached hydrogens (tertiary/aromatic N) is 2. The Kier molecular flexibility index (Phi) is 3.41. The van der Waals surface area contributed by atoms with Crippen molar-refractivity contribution in [3.63, 3.8) is 0 Å². The van der Waals surface area contributed by atoms with Crippen LogP contribution in [0.5, 0.6) is 0 Å². The summed E-state index contributed by atoms with van der Waals surface area (Å²) in [6.07, 6.45) is 0. The number of benzene rings is 1. The van der Waals surface area contributed by atoms with Crippen LogP contribution in [-0.2, 0) is 6.54 Å². The molecule has 0 aliphatic carbocycles. The van der Waals surface area contributed by atoms with Crippen molar-refractivity contribution in [3.8, 4) is 0 Å². The van der Waals surface area contributed by atoms with E-state index in [-0.39, 0.29) is 5.92 Å². The molecule has 0 aliphatic heterocycles. The zero-order valence-electron chi connectivity index (χ0n) is 12.7. The van der Waals surface area contributed by atoms with E-state index in [0.29, 0.717) is 6.54 Å². The summed E-state index contributed by atoms with van der Waals surface area (Å²) in [5.74, 6) is 1.91. The van der Waals surface area contributed by atoms with Crippen LogP contribution in [0.25, 0.3) is 11.1 Å². The van der Waals surface area contributed by atoms with Gasteiger partial charge in [-0.3, -0.25) is 0 Å². The lowest BCUT2D eigenvalue weighted by Gasteiger charge is -2.05. The van der Waals surface area contributed by atoms with Crippen molar-refractivity contribution in [2.75, 3.05) is 5.32 Å². The molecular weight excluding hydrogens is 266 g/mol. The molecule has 0 amide bonds. The van der Waals surface area contributed by atoms with Gasteiger partial charge in [0.15, 0.2) is 11.5 Å². The number of aromatic nitrogens is 2. The van der Waals surface area contributed by atoms with E-state index in [1.165, 1.54) is 0 Å². The van der Waals surface area contributed by atoms with Gasteiger partial charge in [-0.2, -0.15) is 0 Å². The second-order valence-corrected chi connectivity index (χ2v) is 5.55. The number of aryl methyl sites for hydroxylation is 2. The van der Waals surface area contributed by atoms with Crippen LogP contribution in [0.15, 0.2) is 27.1 Å². The third-order valence-electron chi connectivity index (χ3n) is 3.55. The largest absolute Gasteiger partial charge is 0.440 e. The Morgan fingerprint density at radius 3 is 2.71 bits per heavy atom. The van der Waals surface area contributed by atoms with Crippen LogP contribution < -0.4 is 5.32 Å². The minimum atomic E-state index is 0.288. The molecule has 0 spiro atoms. The standard InChI is InChI=1S/C16H19N3O2/c1-9(2)16-18-14-7-12(5-6-15(14)20-16)17-8-13-10(3)19-21-11(13)4/h5-7,9,17H,8H2,1-4H3. The number of rotatable bonds is 4. The molecule has 1 N–H and O–H groups in total. The Bertz CT molecular complexity index is 752. The number of hydrogen-bond acceptors (Lipinski definition) is 5. The summed E-state index contributed by atoms with van der Waals surface area (Å²) in [6, 6.07) is 5.95. The van der Waals surface area contributed by atoms with E-state index >= 15 is 0 Å². The van der Waals surface area contributed by atoms with Crippen LogP contribution in [0, 0.1) is 13.8 Å². The minimum Gasteiger partial charge on any atom is -0.440 e. The SMILES string of the molecule is Cc1noc(C)c1CNc1ccc2oc(C(C)C)nc2c1. The third kappa shape index (κ3) is 2.63. The van der Waals surface area contributed by atoms with Crippen molar-refractivity contribution >= 4 is 16.8 Å². The highest BCUT2D eigenvalue weighted by Crippen LogP contribution is 2.24. The second-order valence-electron chi connectivity index (χ2n) is 5.55. The van der Waals surface area contributed by atoms with E-state index in [1.54, 1.807) is 0 Å². The number of fused-ring (bicyclic) bond motifs is 1. The Hall–Kier alpha value is -2.30. The molecule has 5 nitrogen and oxygen atoms in total. The van der Waals surface area contributed by atoms with E-state index in [4.69, 9.17) is 8.94 Å². The van der Waals surface area contributed by atoms with E-state index in [2.05, 4.69) is 29.3 Å². The Labute approximate surface area is 123 Å². The van der Waals surface area contributed by atoms with Crippen LogP contribution in [0.1, 0.15) is 42.7 Å². The van der Waals surface area contributed by atoms with E-state index < -0.39 is 0 Å². The predicted octanol–water partition coefficient (Wildman–Crippen LogP) is 4.17. The molecule has 0 radical (unpaired) electrons. The van der Waals surface area contributed by atoms with Gasteiger partial charge in [-0.15, -0.1) is 0 Å². The molecule has 2 heterocycles. The summed E-state index contributed by atoms with van der Waals surface area (Å²) in [4.78, 5) is 4.52. The predicted molar refractivity (Wildman–Crippen MR) is 81.4 cm³/mol. The molecule has 1 aromatic carbocycles. The van der Waals surface area contributed by atoms with Crippen molar-refractivity contribution in [1.29, 1.82) is 0 Å². The molecule has 110 valence electrons. The average Bonchev–Trinajstić information content (AvgIpc) is 3.01. The average molecular weight is 285 g/mol. The van der Waals surface area contributed by atoms with Crippen molar-refractivity contribution < 1.29 is 8.94 Å². The Morgan fingerprint density at radius 1 is 1.24 bits per heavy atom. The fraction of sp³-hybridized carbons (Fsp3) is 0.375. The molecule has 0 unspecified atom stereocenters. The van der Waals surface area contributed by atoms with Crippen molar-refractivity contribution in [2.24, 2.45) is 0 Å². The first kappa shape index (κ1) is 13.7. The van der Waals surface area contributed by atoms with Crippen molar-refractivity contribution in [1.82, 2.24) is 10.1 Å². The van der Waals surface area contributed by atoms with Crippen LogP contribution in [0.2, 0.25) is 0 Å². The molecule has 0 saturated heterocycles. The van der Waals surface area contributed by atoms with Gasteiger partial charge in [0, 0.05) is 23.7 Å². The maximum Gasteiger partial charge on any atom is 0.198 e. The van der Waals surface area contributed by atoms with E-state index in [9.17, 15) is 0 Å². The van der Waals surface area contributed by atoms with Crippen molar-refractivity contribution in [2.45, 2.75) is 40.2 Å². The molecular formula is C16H19N3O2. The maximum absolute atomic E-state index is 5.71. The lowest BCUT2D eigenvalue weighted by Crippen LogP contribution is -2.01. The van der Waals surface area contributed by atoms with Gasteiger partial charge in [0.2, 0.25) is 0 Å². The van der Waals surface area contributed by atoms with Gasteiger partial charge >= 0.3 is 0 Å². The molecule has 3 aromatic rings. The Balaban J connectivity index is 1.81. The lowest BCUT2D eigenvalue weighted by atomic mass is 10.2. The van der Waals surface area contributed by atoms with Gasteiger partial charge in [0.1, 0.15) is 11.3 Å². The molecule has 0 atom stereocenters. The summed E-state index contributed by atoms with van der Waals surface area (Å²) in [5.41, 5.74) is 4.72.